The average Bonchev–Trinajstić information content (AvgIpc) is 2.48. The SMILES string of the molecule is CCCCCCOc1ccc(NC(=O)CCCC(=O)O)cc1. The van der Waals surface area contributed by atoms with Gasteiger partial charge in [0, 0.05) is 18.5 Å². The summed E-state index contributed by atoms with van der Waals surface area (Å²) in [7, 11) is 0. The highest BCUT2D eigenvalue weighted by molar-refractivity contribution is 5.90. The minimum atomic E-state index is -0.881. The molecule has 122 valence electrons. The van der Waals surface area contributed by atoms with Gasteiger partial charge in [-0.25, -0.2) is 0 Å². The van der Waals surface area contributed by atoms with Gasteiger partial charge in [-0.05, 0) is 37.1 Å². The van der Waals surface area contributed by atoms with Gasteiger partial charge in [0.2, 0.25) is 5.91 Å². The summed E-state index contributed by atoms with van der Waals surface area (Å²) in [6, 6.07) is 7.23. The minimum absolute atomic E-state index is 0.0121. The lowest BCUT2D eigenvalue weighted by atomic mass is 10.2. The predicted molar refractivity (Wildman–Crippen MR) is 86.2 cm³/mol. The van der Waals surface area contributed by atoms with E-state index in [0.717, 1.165) is 12.2 Å². The molecule has 0 aliphatic heterocycles. The Morgan fingerprint density at radius 3 is 2.41 bits per heavy atom. The second kappa shape index (κ2) is 10.7. The van der Waals surface area contributed by atoms with Crippen LogP contribution in [0, 0.1) is 0 Å². The van der Waals surface area contributed by atoms with E-state index in [4.69, 9.17) is 9.84 Å². The number of carboxylic acids is 1. The maximum atomic E-state index is 11.6. The molecule has 0 aliphatic carbocycles. The number of carbonyl (C=O) groups is 2. The zero-order valence-corrected chi connectivity index (χ0v) is 13.1. The minimum Gasteiger partial charge on any atom is -0.494 e. The quantitative estimate of drug-likeness (QED) is 0.609. The van der Waals surface area contributed by atoms with Gasteiger partial charge in [0.15, 0.2) is 0 Å². The monoisotopic (exact) mass is 307 g/mol. The molecule has 0 spiro atoms. The van der Waals surface area contributed by atoms with Gasteiger partial charge in [0.05, 0.1) is 6.61 Å². The van der Waals surface area contributed by atoms with Crippen molar-refractivity contribution in [3.8, 4) is 5.75 Å². The number of nitrogens with one attached hydrogen (secondary N) is 1. The van der Waals surface area contributed by atoms with Crippen LogP contribution in [0.4, 0.5) is 5.69 Å². The Balaban J connectivity index is 2.26. The molecule has 0 unspecified atom stereocenters. The van der Waals surface area contributed by atoms with E-state index in [0.29, 0.717) is 18.7 Å². The Morgan fingerprint density at radius 2 is 1.77 bits per heavy atom. The molecule has 1 amide bonds. The molecule has 0 saturated carbocycles. The van der Waals surface area contributed by atoms with Crippen molar-refractivity contribution in [2.75, 3.05) is 11.9 Å². The summed E-state index contributed by atoms with van der Waals surface area (Å²) in [4.78, 5) is 22.0. The van der Waals surface area contributed by atoms with E-state index in [-0.39, 0.29) is 18.7 Å². The number of ether oxygens (including phenoxy) is 1. The molecule has 22 heavy (non-hydrogen) atoms. The smallest absolute Gasteiger partial charge is 0.303 e. The molecule has 1 rings (SSSR count). The Morgan fingerprint density at radius 1 is 1.05 bits per heavy atom. The highest BCUT2D eigenvalue weighted by Gasteiger charge is 2.04. The molecule has 0 aromatic heterocycles. The van der Waals surface area contributed by atoms with Crippen LogP contribution in [-0.4, -0.2) is 23.6 Å². The molecule has 0 saturated heterocycles. The van der Waals surface area contributed by atoms with E-state index < -0.39 is 5.97 Å². The standard InChI is InChI=1S/C17H25NO4/c1-2-3-4-5-13-22-15-11-9-14(10-12-15)18-16(19)7-6-8-17(20)21/h9-12H,2-8,13H2,1H3,(H,18,19)(H,20,21). The van der Waals surface area contributed by atoms with Crippen LogP contribution in [0.5, 0.6) is 5.75 Å². The summed E-state index contributed by atoms with van der Waals surface area (Å²) in [6.07, 6.45) is 5.24. The fourth-order valence-electron chi connectivity index (χ4n) is 1.98. The fourth-order valence-corrected chi connectivity index (χ4v) is 1.98. The lowest BCUT2D eigenvalue weighted by molar-refractivity contribution is -0.137. The number of hydrogen-bond acceptors (Lipinski definition) is 3. The zero-order chi connectivity index (χ0) is 16.2. The van der Waals surface area contributed by atoms with Crippen molar-refractivity contribution < 1.29 is 19.4 Å². The fraction of sp³-hybridized carbons (Fsp3) is 0.529. The first-order valence-electron chi connectivity index (χ1n) is 7.86. The van der Waals surface area contributed by atoms with Crippen molar-refractivity contribution in [2.45, 2.75) is 51.9 Å². The number of hydrogen-bond donors (Lipinski definition) is 2. The van der Waals surface area contributed by atoms with Crippen LogP contribution in [0.2, 0.25) is 0 Å². The molecular weight excluding hydrogens is 282 g/mol. The Bertz CT molecular complexity index is 456. The Kier molecular flexibility index (Phi) is 8.72. The van der Waals surface area contributed by atoms with Gasteiger partial charge in [0.1, 0.15) is 5.75 Å². The molecule has 0 atom stereocenters. The molecule has 0 bridgehead atoms. The van der Waals surface area contributed by atoms with Crippen LogP contribution in [0.1, 0.15) is 51.9 Å². The summed E-state index contributed by atoms with van der Waals surface area (Å²) in [5.74, 6) is -0.261. The number of carbonyl (C=O) groups excluding carboxylic acids is 1. The Hall–Kier alpha value is -2.04. The van der Waals surface area contributed by atoms with Crippen LogP contribution in [0.15, 0.2) is 24.3 Å². The number of rotatable bonds is 11. The van der Waals surface area contributed by atoms with E-state index >= 15 is 0 Å². The van der Waals surface area contributed by atoms with Crippen LogP contribution < -0.4 is 10.1 Å². The average molecular weight is 307 g/mol. The van der Waals surface area contributed by atoms with Crippen LogP contribution >= 0.6 is 0 Å². The predicted octanol–water partition coefficient (Wildman–Crippen LogP) is 3.84. The largest absolute Gasteiger partial charge is 0.494 e. The van der Waals surface area contributed by atoms with Crippen LogP contribution in [0.3, 0.4) is 0 Å². The second-order valence-electron chi connectivity index (χ2n) is 5.23. The van der Waals surface area contributed by atoms with Crippen molar-refractivity contribution in [1.29, 1.82) is 0 Å². The van der Waals surface area contributed by atoms with E-state index in [1.54, 1.807) is 12.1 Å². The number of anilines is 1. The molecule has 0 fully saturated rings. The first-order chi connectivity index (χ1) is 10.6. The summed E-state index contributed by atoms with van der Waals surface area (Å²) < 4.78 is 5.63. The van der Waals surface area contributed by atoms with E-state index in [1.807, 2.05) is 12.1 Å². The third-order valence-electron chi connectivity index (χ3n) is 3.20. The molecule has 2 N–H and O–H groups in total. The number of carboxylic acid groups (broad SMARTS) is 1. The van der Waals surface area contributed by atoms with Gasteiger partial charge < -0.3 is 15.2 Å². The van der Waals surface area contributed by atoms with Gasteiger partial charge in [-0.15, -0.1) is 0 Å². The number of aliphatic carboxylic acids is 1. The van der Waals surface area contributed by atoms with Crippen LogP contribution in [-0.2, 0) is 9.59 Å². The second-order valence-corrected chi connectivity index (χ2v) is 5.23. The lowest BCUT2D eigenvalue weighted by Gasteiger charge is -2.08. The molecule has 5 nitrogen and oxygen atoms in total. The molecular formula is C17H25NO4. The molecule has 5 heteroatoms. The van der Waals surface area contributed by atoms with E-state index in [2.05, 4.69) is 12.2 Å². The van der Waals surface area contributed by atoms with Crippen molar-refractivity contribution in [3.63, 3.8) is 0 Å². The van der Waals surface area contributed by atoms with Crippen molar-refractivity contribution in [3.05, 3.63) is 24.3 Å². The van der Waals surface area contributed by atoms with Crippen LogP contribution in [0.25, 0.3) is 0 Å². The number of unbranched alkanes of at least 4 members (excludes halogenated alkanes) is 3. The molecule has 0 radical (unpaired) electrons. The van der Waals surface area contributed by atoms with E-state index in [1.165, 1.54) is 19.3 Å². The number of benzene rings is 1. The highest BCUT2D eigenvalue weighted by atomic mass is 16.5. The van der Waals surface area contributed by atoms with Gasteiger partial charge in [-0.3, -0.25) is 9.59 Å². The van der Waals surface area contributed by atoms with Gasteiger partial charge in [-0.2, -0.15) is 0 Å². The topological polar surface area (TPSA) is 75.6 Å². The first-order valence-corrected chi connectivity index (χ1v) is 7.86. The summed E-state index contributed by atoms with van der Waals surface area (Å²) in [5, 5.41) is 11.3. The third-order valence-corrected chi connectivity index (χ3v) is 3.20. The molecule has 1 aromatic rings. The highest BCUT2D eigenvalue weighted by Crippen LogP contribution is 2.16. The number of amides is 1. The molecule has 0 heterocycles. The summed E-state index contributed by atoms with van der Waals surface area (Å²) >= 11 is 0. The van der Waals surface area contributed by atoms with Crippen molar-refractivity contribution in [1.82, 2.24) is 0 Å². The maximum absolute atomic E-state index is 11.6. The molecule has 0 aliphatic rings. The zero-order valence-electron chi connectivity index (χ0n) is 13.1. The summed E-state index contributed by atoms with van der Waals surface area (Å²) in [5.41, 5.74) is 0.693. The maximum Gasteiger partial charge on any atom is 0.303 e. The summed E-state index contributed by atoms with van der Waals surface area (Å²) in [6.45, 7) is 2.89. The van der Waals surface area contributed by atoms with Crippen molar-refractivity contribution >= 4 is 17.6 Å². The van der Waals surface area contributed by atoms with Gasteiger partial charge >= 0.3 is 5.97 Å². The lowest BCUT2D eigenvalue weighted by Crippen LogP contribution is -2.11. The van der Waals surface area contributed by atoms with Crippen molar-refractivity contribution in [2.24, 2.45) is 0 Å². The molecule has 1 aromatic carbocycles. The first kappa shape index (κ1) is 18.0. The van der Waals surface area contributed by atoms with Gasteiger partial charge in [0.25, 0.3) is 0 Å². The third kappa shape index (κ3) is 8.29. The van der Waals surface area contributed by atoms with E-state index in [9.17, 15) is 9.59 Å². The Labute approximate surface area is 131 Å². The van der Waals surface area contributed by atoms with Gasteiger partial charge in [-0.1, -0.05) is 26.2 Å². The normalized spacial score (nSPS) is 10.2.